The number of amides is 1. The zero-order valence-electron chi connectivity index (χ0n) is 25.7. The van der Waals surface area contributed by atoms with E-state index in [1.807, 2.05) is 44.2 Å². The Bertz CT molecular complexity index is 1640. The summed E-state index contributed by atoms with van der Waals surface area (Å²) in [4.78, 5) is 17.3. The molecule has 4 rings (SSSR count). The van der Waals surface area contributed by atoms with Crippen molar-refractivity contribution >= 4 is 25.8 Å². The smallest absolute Gasteiger partial charge is 0.243 e. The van der Waals surface area contributed by atoms with E-state index in [9.17, 15) is 26.7 Å². The Kier molecular flexibility index (Phi) is 11.6. The fourth-order valence-electron chi connectivity index (χ4n) is 5.04. The van der Waals surface area contributed by atoms with Gasteiger partial charge in [-0.25, -0.2) is 16.8 Å². The van der Waals surface area contributed by atoms with E-state index in [1.165, 1.54) is 29.4 Å². The van der Waals surface area contributed by atoms with Crippen LogP contribution < -0.4 is 14.8 Å². The molecule has 0 aliphatic carbocycles. The molecule has 45 heavy (non-hydrogen) atoms. The number of nitrogens with zero attached hydrogens (tertiary/aromatic N) is 2. The first-order valence-corrected chi connectivity index (χ1v) is 18.1. The lowest BCUT2D eigenvalue weighted by molar-refractivity contribution is -0.125. The van der Waals surface area contributed by atoms with Gasteiger partial charge in [-0.3, -0.25) is 9.78 Å². The maximum atomic E-state index is 13.8. The SMILES string of the molecule is CC(C)CN(C[C@@H](O)C(Cc1ccccc1)NC(=O)[C@H](C)CS(=O)(=O)CCc1ccncc1)S(=O)(=O)c1ccc2c(c1)OCO2. The van der Waals surface area contributed by atoms with Crippen LogP contribution in [-0.2, 0) is 37.5 Å². The number of hydrogen-bond donors (Lipinski definition) is 2. The molecule has 13 heteroatoms. The summed E-state index contributed by atoms with van der Waals surface area (Å²) in [6.07, 6.45) is 2.39. The number of aromatic nitrogens is 1. The Hall–Kier alpha value is -3.52. The van der Waals surface area contributed by atoms with Crippen LogP contribution in [0.25, 0.3) is 0 Å². The number of pyridine rings is 1. The molecule has 2 N–H and O–H groups in total. The normalized spacial score (nSPS) is 15.2. The summed E-state index contributed by atoms with van der Waals surface area (Å²) in [5.74, 6) is -1.23. The van der Waals surface area contributed by atoms with Gasteiger partial charge in [-0.05, 0) is 54.2 Å². The summed E-state index contributed by atoms with van der Waals surface area (Å²) in [5, 5.41) is 14.3. The van der Waals surface area contributed by atoms with Gasteiger partial charge in [-0.1, -0.05) is 51.1 Å². The van der Waals surface area contributed by atoms with Crippen LogP contribution in [0.15, 0.2) is 78.0 Å². The van der Waals surface area contributed by atoms with Crippen LogP contribution in [0.3, 0.4) is 0 Å². The van der Waals surface area contributed by atoms with Gasteiger partial charge in [-0.15, -0.1) is 0 Å². The number of aliphatic hydroxyl groups is 1. The second-order valence-corrected chi connectivity index (χ2v) is 15.9. The van der Waals surface area contributed by atoms with Gasteiger partial charge in [0.05, 0.1) is 28.5 Å². The highest BCUT2D eigenvalue weighted by Crippen LogP contribution is 2.35. The van der Waals surface area contributed by atoms with Crippen molar-refractivity contribution in [2.45, 2.75) is 50.7 Å². The van der Waals surface area contributed by atoms with Crippen LogP contribution in [0.1, 0.15) is 31.9 Å². The molecule has 11 nitrogen and oxygen atoms in total. The number of nitrogens with one attached hydrogen (secondary N) is 1. The van der Waals surface area contributed by atoms with Crippen molar-refractivity contribution in [2.75, 3.05) is 31.4 Å². The molecule has 0 saturated heterocycles. The summed E-state index contributed by atoms with van der Waals surface area (Å²) < 4.78 is 65.2. The van der Waals surface area contributed by atoms with Crippen molar-refractivity contribution in [3.63, 3.8) is 0 Å². The third kappa shape index (κ3) is 9.73. The van der Waals surface area contributed by atoms with E-state index < -0.39 is 43.8 Å². The number of sulfone groups is 1. The van der Waals surface area contributed by atoms with E-state index >= 15 is 0 Å². The van der Waals surface area contributed by atoms with E-state index in [0.29, 0.717) is 17.9 Å². The standard InChI is InChI=1S/C32H41N3O8S2/c1-23(2)19-35(45(40,41)27-9-10-30-31(18-27)43-22-42-30)20-29(36)28(17-26-7-5-4-6-8-26)34-32(37)24(3)21-44(38,39)16-13-25-11-14-33-15-12-25/h4-12,14-15,18,23-24,28-29,36H,13,16-17,19-22H2,1-3H3,(H,34,37)/t24-,28?,29-/m1/s1. The summed E-state index contributed by atoms with van der Waals surface area (Å²) in [7, 11) is -7.65. The third-order valence-corrected chi connectivity index (χ3v) is 11.1. The van der Waals surface area contributed by atoms with Crippen LogP contribution in [0.5, 0.6) is 11.5 Å². The van der Waals surface area contributed by atoms with E-state index in [1.54, 1.807) is 24.5 Å². The van der Waals surface area contributed by atoms with E-state index in [4.69, 9.17) is 9.47 Å². The molecule has 2 heterocycles. The molecule has 2 aromatic carbocycles. The van der Waals surface area contributed by atoms with E-state index in [-0.39, 0.29) is 48.6 Å². The van der Waals surface area contributed by atoms with Crippen molar-refractivity contribution in [3.8, 4) is 11.5 Å². The van der Waals surface area contributed by atoms with Crippen molar-refractivity contribution in [1.29, 1.82) is 0 Å². The van der Waals surface area contributed by atoms with E-state index in [0.717, 1.165) is 11.1 Å². The van der Waals surface area contributed by atoms with Gasteiger partial charge in [0.1, 0.15) is 0 Å². The molecule has 0 saturated carbocycles. The molecule has 1 aliphatic rings. The van der Waals surface area contributed by atoms with E-state index in [2.05, 4.69) is 10.3 Å². The number of aliphatic hydroxyl groups excluding tert-OH is 1. The fourth-order valence-corrected chi connectivity index (χ4v) is 8.30. The lowest BCUT2D eigenvalue weighted by Crippen LogP contribution is -2.52. The molecule has 0 bridgehead atoms. The highest BCUT2D eigenvalue weighted by atomic mass is 32.2. The largest absolute Gasteiger partial charge is 0.454 e. The van der Waals surface area contributed by atoms with Gasteiger partial charge in [0.15, 0.2) is 21.3 Å². The van der Waals surface area contributed by atoms with Crippen LogP contribution in [0.2, 0.25) is 0 Å². The minimum Gasteiger partial charge on any atom is -0.454 e. The molecule has 244 valence electrons. The highest BCUT2D eigenvalue weighted by molar-refractivity contribution is 7.91. The summed E-state index contributed by atoms with van der Waals surface area (Å²) in [6.45, 7) is 5.08. The molecular formula is C32H41N3O8S2. The molecule has 0 radical (unpaired) electrons. The molecule has 1 aromatic heterocycles. The Balaban J connectivity index is 1.50. The number of rotatable bonds is 16. The van der Waals surface area contributed by atoms with Crippen LogP contribution >= 0.6 is 0 Å². The second kappa shape index (κ2) is 15.2. The third-order valence-electron chi connectivity index (χ3n) is 7.43. The number of sulfonamides is 1. The number of carbonyl (C=O) groups is 1. The number of hydrogen-bond acceptors (Lipinski definition) is 9. The maximum Gasteiger partial charge on any atom is 0.243 e. The number of aryl methyl sites for hydroxylation is 1. The maximum absolute atomic E-state index is 13.8. The van der Waals surface area contributed by atoms with Crippen LogP contribution in [0, 0.1) is 11.8 Å². The molecular weight excluding hydrogens is 618 g/mol. The highest BCUT2D eigenvalue weighted by Gasteiger charge is 2.33. The first-order valence-electron chi connectivity index (χ1n) is 14.9. The summed E-state index contributed by atoms with van der Waals surface area (Å²) >= 11 is 0. The van der Waals surface area contributed by atoms with Gasteiger partial charge in [-0.2, -0.15) is 4.31 Å². The predicted octanol–water partition coefficient (Wildman–Crippen LogP) is 2.84. The van der Waals surface area contributed by atoms with Crippen LogP contribution in [0.4, 0.5) is 0 Å². The average molecular weight is 660 g/mol. The first kappa shape index (κ1) is 34.4. The molecule has 1 amide bonds. The predicted molar refractivity (Wildman–Crippen MR) is 170 cm³/mol. The number of benzene rings is 2. The lowest BCUT2D eigenvalue weighted by Gasteiger charge is -2.31. The van der Waals surface area contributed by atoms with Crippen molar-refractivity contribution in [1.82, 2.24) is 14.6 Å². The Labute approximate surface area is 265 Å². The fraction of sp³-hybridized carbons (Fsp3) is 0.438. The molecule has 3 aromatic rings. The van der Waals surface area contributed by atoms with Gasteiger partial charge >= 0.3 is 0 Å². The van der Waals surface area contributed by atoms with Crippen LogP contribution in [-0.4, -0.2) is 80.7 Å². The van der Waals surface area contributed by atoms with Gasteiger partial charge in [0.25, 0.3) is 0 Å². The zero-order chi connectivity index (χ0) is 32.6. The quantitative estimate of drug-likeness (QED) is 0.237. The number of fused-ring (bicyclic) bond motifs is 1. The average Bonchev–Trinajstić information content (AvgIpc) is 3.48. The Morgan fingerprint density at radius 1 is 0.933 bits per heavy atom. The topological polar surface area (TPSA) is 152 Å². The molecule has 0 fully saturated rings. The molecule has 1 aliphatic heterocycles. The van der Waals surface area contributed by atoms with Gasteiger partial charge < -0.3 is 19.9 Å². The summed E-state index contributed by atoms with van der Waals surface area (Å²) in [6, 6.07) is 16.1. The van der Waals surface area contributed by atoms with Gasteiger partial charge in [0, 0.05) is 37.5 Å². The first-order chi connectivity index (χ1) is 21.3. The number of ether oxygens (including phenoxy) is 2. The summed E-state index contributed by atoms with van der Waals surface area (Å²) in [5.41, 5.74) is 1.65. The van der Waals surface area contributed by atoms with Crippen molar-refractivity contribution in [3.05, 3.63) is 84.2 Å². The minimum atomic E-state index is -4.08. The van der Waals surface area contributed by atoms with Crippen molar-refractivity contribution < 1.29 is 36.2 Å². The molecule has 1 unspecified atom stereocenters. The molecule has 3 atom stereocenters. The zero-order valence-corrected chi connectivity index (χ0v) is 27.3. The second-order valence-electron chi connectivity index (χ2n) is 11.7. The van der Waals surface area contributed by atoms with Crippen molar-refractivity contribution in [2.24, 2.45) is 11.8 Å². The lowest BCUT2D eigenvalue weighted by atomic mass is 10.00. The molecule has 0 spiro atoms. The Morgan fingerprint density at radius 3 is 2.31 bits per heavy atom. The minimum absolute atomic E-state index is 0.00140. The Morgan fingerprint density at radius 2 is 1.62 bits per heavy atom. The van der Waals surface area contributed by atoms with Gasteiger partial charge in [0.2, 0.25) is 22.7 Å². The number of carbonyl (C=O) groups excluding carboxylic acids is 1. The monoisotopic (exact) mass is 659 g/mol.